The molecule has 1 aromatic heterocycles. The molecule has 0 aliphatic carbocycles. The number of fused-ring (bicyclic) bond motifs is 1. The molecule has 3 rings (SSSR count). The van der Waals surface area contributed by atoms with Crippen LogP contribution in [0.3, 0.4) is 0 Å². The predicted octanol–water partition coefficient (Wildman–Crippen LogP) is 2.51. The summed E-state index contributed by atoms with van der Waals surface area (Å²) in [6, 6.07) is 6.37. The van der Waals surface area contributed by atoms with Crippen molar-refractivity contribution in [1.82, 2.24) is 9.88 Å². The topological polar surface area (TPSA) is 36.1 Å². The van der Waals surface area contributed by atoms with E-state index in [1.807, 2.05) is 6.07 Å². The number of aromatic amines is 1. The molecule has 1 N–H and O–H groups in total. The highest BCUT2D eigenvalue weighted by molar-refractivity contribution is 5.78. The molecular weight excluding hydrogens is 255 g/mol. The van der Waals surface area contributed by atoms with Crippen LogP contribution in [0, 0.1) is 12.2 Å². The first-order valence-corrected chi connectivity index (χ1v) is 7.08. The molecule has 0 amide bonds. The molecule has 1 aliphatic rings. The quantitative estimate of drug-likeness (QED) is 0.932. The Kier molecular flexibility index (Phi) is 3.83. The number of nitrogens with zero attached hydrogens (tertiary/aromatic N) is 1. The van der Waals surface area contributed by atoms with Crippen LogP contribution in [0.15, 0.2) is 29.1 Å². The number of hydrogen-bond acceptors (Lipinski definition) is 2. The van der Waals surface area contributed by atoms with E-state index in [1.54, 1.807) is 6.07 Å². The maximum Gasteiger partial charge on any atom is 0.251 e. The van der Waals surface area contributed by atoms with Gasteiger partial charge in [-0.2, -0.15) is 0 Å². The molecule has 0 atom stereocenters. The second kappa shape index (κ2) is 5.75. The summed E-state index contributed by atoms with van der Waals surface area (Å²) in [6.07, 6.45) is 5.32. The minimum atomic E-state index is -0.328. The summed E-state index contributed by atoms with van der Waals surface area (Å²) in [5, 5.41) is 0.882. The molecule has 1 fully saturated rings. The average Bonchev–Trinajstić information content (AvgIpc) is 2.46. The molecule has 0 saturated carbocycles. The van der Waals surface area contributed by atoms with Crippen molar-refractivity contribution in [1.29, 1.82) is 0 Å². The van der Waals surface area contributed by atoms with Gasteiger partial charge in [-0.15, -0.1) is 0 Å². The number of pyridine rings is 1. The first kappa shape index (κ1) is 13.3. The summed E-state index contributed by atoms with van der Waals surface area (Å²) in [5.74, 6) is -0.328. The standard InChI is InChI=1S/C16H18FN2O/c17-14-5-4-12-10-13(16(20)18-15(12)11-14)6-9-19-7-2-1-3-8-19/h1,4-5,10-11H,2-3,6-9H2,(H,18,20). The SMILES string of the molecule is O=c1[nH]c2cc(F)ccc2cc1CCN1CC[CH]CC1. The van der Waals surface area contributed by atoms with Gasteiger partial charge in [0.1, 0.15) is 5.82 Å². The first-order chi connectivity index (χ1) is 9.72. The number of nitrogens with one attached hydrogen (secondary N) is 1. The van der Waals surface area contributed by atoms with Gasteiger partial charge in [0.2, 0.25) is 0 Å². The van der Waals surface area contributed by atoms with Crippen molar-refractivity contribution < 1.29 is 4.39 Å². The summed E-state index contributed by atoms with van der Waals surface area (Å²) < 4.78 is 13.1. The van der Waals surface area contributed by atoms with Crippen molar-refractivity contribution in [3.63, 3.8) is 0 Å². The number of aromatic nitrogens is 1. The van der Waals surface area contributed by atoms with E-state index in [0.717, 1.165) is 49.8 Å². The third kappa shape index (κ3) is 2.90. The molecule has 2 aromatic rings. The molecule has 1 saturated heterocycles. The zero-order valence-electron chi connectivity index (χ0n) is 11.4. The minimum Gasteiger partial charge on any atom is -0.322 e. The molecule has 1 aliphatic heterocycles. The minimum absolute atomic E-state index is 0.105. The van der Waals surface area contributed by atoms with Gasteiger partial charge in [-0.05, 0) is 68.4 Å². The Morgan fingerprint density at radius 1 is 1.20 bits per heavy atom. The van der Waals surface area contributed by atoms with Crippen LogP contribution in [0.25, 0.3) is 10.9 Å². The number of H-pyrrole nitrogens is 1. The molecule has 4 heteroatoms. The van der Waals surface area contributed by atoms with E-state index in [-0.39, 0.29) is 11.4 Å². The normalized spacial score (nSPS) is 16.6. The van der Waals surface area contributed by atoms with Crippen molar-refractivity contribution in [3.05, 3.63) is 52.4 Å². The molecule has 1 radical (unpaired) electrons. The van der Waals surface area contributed by atoms with E-state index in [0.29, 0.717) is 5.52 Å². The Morgan fingerprint density at radius 2 is 2.00 bits per heavy atom. The highest BCUT2D eigenvalue weighted by atomic mass is 19.1. The van der Waals surface area contributed by atoms with E-state index in [4.69, 9.17) is 0 Å². The number of halogens is 1. The summed E-state index contributed by atoms with van der Waals surface area (Å²) in [6.45, 7) is 3.07. The lowest BCUT2D eigenvalue weighted by atomic mass is 10.1. The van der Waals surface area contributed by atoms with E-state index in [2.05, 4.69) is 16.3 Å². The second-order valence-corrected chi connectivity index (χ2v) is 5.31. The lowest BCUT2D eigenvalue weighted by Crippen LogP contribution is -2.32. The molecule has 105 valence electrons. The first-order valence-electron chi connectivity index (χ1n) is 7.08. The van der Waals surface area contributed by atoms with Crippen LogP contribution >= 0.6 is 0 Å². The maximum atomic E-state index is 13.1. The molecule has 0 spiro atoms. The summed E-state index contributed by atoms with van der Waals surface area (Å²) in [5.41, 5.74) is 1.23. The smallest absolute Gasteiger partial charge is 0.251 e. The summed E-state index contributed by atoms with van der Waals surface area (Å²) in [7, 11) is 0. The van der Waals surface area contributed by atoms with Crippen molar-refractivity contribution >= 4 is 10.9 Å². The van der Waals surface area contributed by atoms with Gasteiger partial charge in [-0.1, -0.05) is 0 Å². The van der Waals surface area contributed by atoms with Crippen LogP contribution in [0.2, 0.25) is 0 Å². The van der Waals surface area contributed by atoms with E-state index in [1.165, 1.54) is 12.1 Å². The van der Waals surface area contributed by atoms with Crippen LogP contribution in [0.1, 0.15) is 18.4 Å². The second-order valence-electron chi connectivity index (χ2n) is 5.31. The predicted molar refractivity (Wildman–Crippen MR) is 78.2 cm³/mol. The van der Waals surface area contributed by atoms with Crippen molar-refractivity contribution in [3.8, 4) is 0 Å². The lowest BCUT2D eigenvalue weighted by Gasteiger charge is -2.26. The Bertz CT molecular complexity index is 659. The van der Waals surface area contributed by atoms with Crippen molar-refractivity contribution in [2.75, 3.05) is 19.6 Å². The highest BCUT2D eigenvalue weighted by Crippen LogP contribution is 2.14. The fraction of sp³-hybridized carbons (Fsp3) is 0.375. The number of rotatable bonds is 3. The molecule has 0 bridgehead atoms. The van der Waals surface area contributed by atoms with Crippen LogP contribution in [0.5, 0.6) is 0 Å². The molecular formula is C16H18FN2O. The lowest BCUT2D eigenvalue weighted by molar-refractivity contribution is 0.257. The van der Waals surface area contributed by atoms with Gasteiger partial charge in [0, 0.05) is 12.1 Å². The van der Waals surface area contributed by atoms with Gasteiger partial charge >= 0.3 is 0 Å². The van der Waals surface area contributed by atoms with Crippen LogP contribution in [-0.4, -0.2) is 29.5 Å². The zero-order chi connectivity index (χ0) is 13.9. The number of piperidine rings is 1. The monoisotopic (exact) mass is 273 g/mol. The number of benzene rings is 1. The van der Waals surface area contributed by atoms with Crippen molar-refractivity contribution in [2.24, 2.45) is 0 Å². The zero-order valence-corrected chi connectivity index (χ0v) is 11.4. The summed E-state index contributed by atoms with van der Waals surface area (Å²) >= 11 is 0. The van der Waals surface area contributed by atoms with E-state index >= 15 is 0 Å². The molecule has 3 nitrogen and oxygen atoms in total. The third-order valence-electron chi connectivity index (χ3n) is 3.88. The largest absolute Gasteiger partial charge is 0.322 e. The third-order valence-corrected chi connectivity index (χ3v) is 3.88. The molecule has 20 heavy (non-hydrogen) atoms. The van der Waals surface area contributed by atoms with Gasteiger partial charge in [0.05, 0.1) is 5.52 Å². The Labute approximate surface area is 117 Å². The van der Waals surface area contributed by atoms with E-state index < -0.39 is 0 Å². The van der Waals surface area contributed by atoms with Gasteiger partial charge < -0.3 is 9.88 Å². The Hall–Kier alpha value is -1.68. The van der Waals surface area contributed by atoms with Crippen molar-refractivity contribution in [2.45, 2.75) is 19.3 Å². The highest BCUT2D eigenvalue weighted by Gasteiger charge is 2.11. The van der Waals surface area contributed by atoms with Crippen LogP contribution < -0.4 is 5.56 Å². The van der Waals surface area contributed by atoms with Crippen LogP contribution in [-0.2, 0) is 6.42 Å². The fourth-order valence-electron chi connectivity index (χ4n) is 2.71. The van der Waals surface area contributed by atoms with Gasteiger partial charge in [0.25, 0.3) is 5.56 Å². The molecule has 2 heterocycles. The molecule has 1 aromatic carbocycles. The average molecular weight is 273 g/mol. The van der Waals surface area contributed by atoms with E-state index in [9.17, 15) is 9.18 Å². The fourth-order valence-corrected chi connectivity index (χ4v) is 2.71. The number of likely N-dealkylation sites (tertiary alicyclic amines) is 1. The van der Waals surface area contributed by atoms with Gasteiger partial charge in [0.15, 0.2) is 0 Å². The number of hydrogen-bond donors (Lipinski definition) is 1. The molecule has 0 unspecified atom stereocenters. The Balaban J connectivity index is 1.78. The maximum absolute atomic E-state index is 13.1. The van der Waals surface area contributed by atoms with Gasteiger partial charge in [-0.3, -0.25) is 4.79 Å². The van der Waals surface area contributed by atoms with Crippen LogP contribution in [0.4, 0.5) is 4.39 Å². The van der Waals surface area contributed by atoms with Gasteiger partial charge in [-0.25, -0.2) is 4.39 Å². The Morgan fingerprint density at radius 3 is 2.80 bits per heavy atom. The summed E-state index contributed by atoms with van der Waals surface area (Å²) in [4.78, 5) is 17.2.